The number of hydrogen-bond acceptors (Lipinski definition) is 4. The molecule has 0 unspecified atom stereocenters. The van der Waals surface area contributed by atoms with Gasteiger partial charge in [0.2, 0.25) is 11.8 Å². The highest BCUT2D eigenvalue weighted by Crippen LogP contribution is 2.56. The van der Waals surface area contributed by atoms with Gasteiger partial charge in [-0.05, 0) is 37.5 Å². The van der Waals surface area contributed by atoms with Gasteiger partial charge in [0, 0.05) is 6.42 Å². The fraction of sp³-hybridized carbons (Fsp3) is 0.714. The summed E-state index contributed by atoms with van der Waals surface area (Å²) in [5.41, 5.74) is 0. The molecule has 0 radical (unpaired) electrons. The van der Waals surface area contributed by atoms with E-state index in [4.69, 9.17) is 5.11 Å². The van der Waals surface area contributed by atoms with Gasteiger partial charge in [-0.15, -0.1) is 0 Å². The Kier molecular flexibility index (Phi) is 3.22. The van der Waals surface area contributed by atoms with Crippen molar-refractivity contribution in [1.82, 2.24) is 4.90 Å². The number of carbonyl (C=O) groups excluding carboxylic acids is 2. The average Bonchev–Trinajstić information content (AvgIpc) is 3.06. The molecule has 114 valence electrons. The number of aliphatic carboxylic acids is 2. The Labute approximate surface area is 120 Å². The second kappa shape index (κ2) is 4.82. The predicted octanol–water partition coefficient (Wildman–Crippen LogP) is 0.335. The summed E-state index contributed by atoms with van der Waals surface area (Å²) in [4.78, 5) is 47.8. The number of rotatable bonds is 5. The Balaban J connectivity index is 1.84. The smallest absolute Gasteiger partial charge is 0.326 e. The SMILES string of the molecule is O=C(O)CC[C@@H](C(=O)O)N1C(=O)[C@@H]2[C@@H]3CC[C@@H](C3)[C@H]2C1=O. The zero-order valence-corrected chi connectivity index (χ0v) is 11.4. The minimum absolute atomic E-state index is 0.190. The lowest BCUT2D eigenvalue weighted by Crippen LogP contribution is -2.46. The summed E-state index contributed by atoms with van der Waals surface area (Å²) in [6.07, 6.45) is 2.11. The fourth-order valence-electron chi connectivity index (χ4n) is 4.36. The van der Waals surface area contributed by atoms with Crippen molar-refractivity contribution in [2.24, 2.45) is 23.7 Å². The van der Waals surface area contributed by atoms with Gasteiger partial charge < -0.3 is 10.2 Å². The maximum Gasteiger partial charge on any atom is 0.326 e. The molecule has 3 aliphatic rings. The third kappa shape index (κ3) is 2.02. The van der Waals surface area contributed by atoms with Crippen LogP contribution in [0.15, 0.2) is 0 Å². The average molecular weight is 295 g/mol. The number of carboxylic acids is 2. The van der Waals surface area contributed by atoms with Gasteiger partial charge in [-0.25, -0.2) is 4.79 Å². The molecule has 2 saturated carbocycles. The van der Waals surface area contributed by atoms with E-state index in [1.165, 1.54) is 0 Å². The van der Waals surface area contributed by atoms with Gasteiger partial charge in [-0.1, -0.05) is 0 Å². The number of carbonyl (C=O) groups is 4. The molecule has 3 rings (SSSR count). The van der Waals surface area contributed by atoms with Crippen LogP contribution in [0.4, 0.5) is 0 Å². The Morgan fingerprint density at radius 1 is 1.10 bits per heavy atom. The van der Waals surface area contributed by atoms with E-state index in [9.17, 15) is 24.3 Å². The third-order valence-corrected chi connectivity index (χ3v) is 5.19. The van der Waals surface area contributed by atoms with Crippen LogP contribution in [0.25, 0.3) is 0 Å². The lowest BCUT2D eigenvalue weighted by Gasteiger charge is -2.23. The van der Waals surface area contributed by atoms with Gasteiger partial charge in [0.25, 0.3) is 0 Å². The molecule has 1 heterocycles. The van der Waals surface area contributed by atoms with Crippen molar-refractivity contribution in [3.8, 4) is 0 Å². The number of nitrogens with zero attached hydrogens (tertiary/aromatic N) is 1. The topological polar surface area (TPSA) is 112 Å². The third-order valence-electron chi connectivity index (χ3n) is 5.19. The van der Waals surface area contributed by atoms with Gasteiger partial charge in [-0.3, -0.25) is 19.3 Å². The quantitative estimate of drug-likeness (QED) is 0.707. The molecule has 2 amide bonds. The zero-order chi connectivity index (χ0) is 15.3. The van der Waals surface area contributed by atoms with E-state index in [-0.39, 0.29) is 36.5 Å². The van der Waals surface area contributed by atoms with Crippen LogP contribution >= 0.6 is 0 Å². The van der Waals surface area contributed by atoms with Crippen molar-refractivity contribution in [3.05, 3.63) is 0 Å². The van der Waals surface area contributed by atoms with E-state index < -0.39 is 29.8 Å². The lowest BCUT2D eigenvalue weighted by molar-refractivity contribution is -0.156. The number of likely N-dealkylation sites (tertiary alicyclic amines) is 1. The molecular formula is C14H17NO6. The highest BCUT2D eigenvalue weighted by Gasteiger charge is 2.62. The first-order chi connectivity index (χ1) is 9.91. The van der Waals surface area contributed by atoms with E-state index in [1.807, 2.05) is 0 Å². The van der Waals surface area contributed by atoms with Crippen LogP contribution in [0.2, 0.25) is 0 Å². The summed E-state index contributed by atoms with van der Waals surface area (Å²) in [7, 11) is 0. The van der Waals surface area contributed by atoms with Crippen LogP contribution in [-0.4, -0.2) is 44.9 Å². The zero-order valence-electron chi connectivity index (χ0n) is 11.4. The van der Waals surface area contributed by atoms with E-state index in [0.717, 1.165) is 24.2 Å². The molecule has 1 aliphatic heterocycles. The first kappa shape index (κ1) is 14.0. The van der Waals surface area contributed by atoms with Crippen LogP contribution in [0.5, 0.6) is 0 Å². The number of fused-ring (bicyclic) bond motifs is 5. The van der Waals surface area contributed by atoms with Crippen molar-refractivity contribution in [3.63, 3.8) is 0 Å². The summed E-state index contributed by atoms with van der Waals surface area (Å²) in [5.74, 6) is -3.63. The van der Waals surface area contributed by atoms with Crippen molar-refractivity contribution in [2.75, 3.05) is 0 Å². The molecule has 21 heavy (non-hydrogen) atoms. The van der Waals surface area contributed by atoms with E-state index in [2.05, 4.69) is 0 Å². The maximum absolute atomic E-state index is 12.5. The minimum atomic E-state index is -1.36. The van der Waals surface area contributed by atoms with Gasteiger partial charge in [-0.2, -0.15) is 0 Å². The molecule has 2 bridgehead atoms. The van der Waals surface area contributed by atoms with Gasteiger partial charge >= 0.3 is 11.9 Å². The first-order valence-electron chi connectivity index (χ1n) is 7.23. The standard InChI is InChI=1S/C14H17NO6/c16-9(17)4-3-8(14(20)21)15-12(18)10-6-1-2-7(5-6)11(10)13(15)19/h6-8,10-11H,1-5H2,(H,16,17)(H,20,21)/t6-,7+,8-,10+,11+/m0/s1. The summed E-state index contributed by atoms with van der Waals surface area (Å²) >= 11 is 0. The van der Waals surface area contributed by atoms with Crippen LogP contribution in [0.3, 0.4) is 0 Å². The molecular weight excluding hydrogens is 278 g/mol. The monoisotopic (exact) mass is 295 g/mol. The normalized spacial score (nSPS) is 35.1. The molecule has 7 nitrogen and oxygen atoms in total. The van der Waals surface area contributed by atoms with Crippen LogP contribution in [0, 0.1) is 23.7 Å². The molecule has 2 N–H and O–H groups in total. The van der Waals surface area contributed by atoms with Gasteiger partial charge in [0.15, 0.2) is 0 Å². The number of imide groups is 1. The fourth-order valence-corrected chi connectivity index (χ4v) is 4.36. The van der Waals surface area contributed by atoms with Gasteiger partial charge in [0.1, 0.15) is 6.04 Å². The highest BCUT2D eigenvalue weighted by atomic mass is 16.4. The van der Waals surface area contributed by atoms with Crippen LogP contribution in [0.1, 0.15) is 32.1 Å². The van der Waals surface area contributed by atoms with Crippen molar-refractivity contribution in [1.29, 1.82) is 0 Å². The van der Waals surface area contributed by atoms with Crippen LogP contribution in [-0.2, 0) is 19.2 Å². The molecule has 2 aliphatic carbocycles. The van der Waals surface area contributed by atoms with Crippen molar-refractivity contribution >= 4 is 23.8 Å². The van der Waals surface area contributed by atoms with Gasteiger partial charge in [0.05, 0.1) is 11.8 Å². The van der Waals surface area contributed by atoms with E-state index >= 15 is 0 Å². The second-order valence-electron chi connectivity index (χ2n) is 6.22. The summed E-state index contributed by atoms with van der Waals surface area (Å²) in [6, 6.07) is -1.36. The first-order valence-corrected chi connectivity index (χ1v) is 7.23. The molecule has 0 aromatic rings. The second-order valence-corrected chi connectivity index (χ2v) is 6.22. The van der Waals surface area contributed by atoms with Crippen LogP contribution < -0.4 is 0 Å². The highest BCUT2D eigenvalue weighted by molar-refractivity contribution is 6.08. The molecule has 5 atom stereocenters. The van der Waals surface area contributed by atoms with Crippen molar-refractivity contribution < 1.29 is 29.4 Å². The molecule has 0 aromatic carbocycles. The molecule has 1 saturated heterocycles. The van der Waals surface area contributed by atoms with E-state index in [1.54, 1.807) is 0 Å². The summed E-state index contributed by atoms with van der Waals surface area (Å²) < 4.78 is 0. The molecule has 0 spiro atoms. The largest absolute Gasteiger partial charge is 0.481 e. The lowest BCUT2D eigenvalue weighted by atomic mass is 9.81. The van der Waals surface area contributed by atoms with E-state index in [0.29, 0.717) is 0 Å². The predicted molar refractivity (Wildman–Crippen MR) is 68.0 cm³/mol. The number of carboxylic acid groups (broad SMARTS) is 2. The maximum atomic E-state index is 12.5. The minimum Gasteiger partial charge on any atom is -0.481 e. The summed E-state index contributed by atoms with van der Waals surface area (Å²) in [5, 5.41) is 17.9. The summed E-state index contributed by atoms with van der Waals surface area (Å²) in [6.45, 7) is 0. The Morgan fingerprint density at radius 3 is 2.05 bits per heavy atom. The number of amides is 2. The number of hydrogen-bond donors (Lipinski definition) is 2. The molecule has 7 heteroatoms. The Bertz CT molecular complexity index is 502. The molecule has 0 aromatic heterocycles. The Hall–Kier alpha value is -1.92. The molecule has 3 fully saturated rings. The Morgan fingerprint density at radius 2 is 1.62 bits per heavy atom. The van der Waals surface area contributed by atoms with Crippen molar-refractivity contribution in [2.45, 2.75) is 38.1 Å².